The quantitative estimate of drug-likeness (QED) is 0.454. The van der Waals surface area contributed by atoms with Crippen molar-refractivity contribution in [2.45, 2.75) is 31.8 Å². The number of rotatable bonds is 6. The molecule has 0 aliphatic rings. The second-order valence-corrected chi connectivity index (χ2v) is 8.15. The summed E-state index contributed by atoms with van der Waals surface area (Å²) in [5, 5.41) is 12.5. The minimum atomic E-state index is -0.518. The summed E-state index contributed by atoms with van der Waals surface area (Å²) in [7, 11) is 0. The molecule has 0 saturated carbocycles. The summed E-state index contributed by atoms with van der Waals surface area (Å²) < 4.78 is 0. The number of H-pyrrole nitrogens is 1. The van der Waals surface area contributed by atoms with Crippen molar-refractivity contribution in [3.05, 3.63) is 75.6 Å². The van der Waals surface area contributed by atoms with Crippen LogP contribution in [0, 0.1) is 18.3 Å². The zero-order chi connectivity index (χ0) is 21.7. The third kappa shape index (κ3) is 5.16. The second-order valence-electron chi connectivity index (χ2n) is 7.19. The highest BCUT2D eigenvalue weighted by atomic mass is 32.2. The first kappa shape index (κ1) is 21.3. The molecule has 6 nitrogen and oxygen atoms in total. The van der Waals surface area contributed by atoms with Gasteiger partial charge in [0.2, 0.25) is 5.91 Å². The van der Waals surface area contributed by atoms with Crippen LogP contribution >= 0.6 is 11.8 Å². The lowest BCUT2D eigenvalue weighted by Gasteiger charge is -2.09. The van der Waals surface area contributed by atoms with Gasteiger partial charge in [-0.3, -0.25) is 9.59 Å². The molecule has 1 amide bonds. The van der Waals surface area contributed by atoms with E-state index in [-0.39, 0.29) is 17.2 Å². The van der Waals surface area contributed by atoms with Gasteiger partial charge in [0.15, 0.2) is 5.16 Å². The Kier molecular flexibility index (Phi) is 6.70. The lowest BCUT2D eigenvalue weighted by molar-refractivity contribution is -0.113. The molecule has 1 aromatic heterocycles. The molecule has 0 radical (unpaired) electrons. The average molecular weight is 419 g/mol. The number of aryl methyl sites for hydroxylation is 1. The van der Waals surface area contributed by atoms with Crippen LogP contribution in [-0.2, 0) is 4.79 Å². The van der Waals surface area contributed by atoms with Crippen molar-refractivity contribution < 1.29 is 4.79 Å². The van der Waals surface area contributed by atoms with Gasteiger partial charge >= 0.3 is 0 Å². The van der Waals surface area contributed by atoms with Crippen molar-refractivity contribution in [3.8, 4) is 17.3 Å². The van der Waals surface area contributed by atoms with Crippen LogP contribution in [0.2, 0.25) is 0 Å². The van der Waals surface area contributed by atoms with Crippen LogP contribution in [0.4, 0.5) is 5.69 Å². The number of amides is 1. The van der Waals surface area contributed by atoms with Crippen LogP contribution in [0.3, 0.4) is 0 Å². The van der Waals surface area contributed by atoms with Crippen LogP contribution in [0.5, 0.6) is 0 Å². The molecule has 30 heavy (non-hydrogen) atoms. The summed E-state index contributed by atoms with van der Waals surface area (Å²) in [5.41, 5.74) is 3.41. The number of thioether (sulfide) groups is 1. The molecule has 0 bridgehead atoms. The summed E-state index contributed by atoms with van der Waals surface area (Å²) in [6.07, 6.45) is 0. The fourth-order valence-electron chi connectivity index (χ4n) is 2.83. The van der Waals surface area contributed by atoms with E-state index in [9.17, 15) is 14.9 Å². The molecule has 0 aliphatic heterocycles. The predicted molar refractivity (Wildman–Crippen MR) is 120 cm³/mol. The number of nitrogens with one attached hydrogen (secondary N) is 2. The van der Waals surface area contributed by atoms with E-state index < -0.39 is 5.56 Å². The van der Waals surface area contributed by atoms with Crippen molar-refractivity contribution in [2.24, 2.45) is 0 Å². The van der Waals surface area contributed by atoms with Gasteiger partial charge in [-0.05, 0) is 30.5 Å². The fourth-order valence-corrected chi connectivity index (χ4v) is 3.49. The van der Waals surface area contributed by atoms with Gasteiger partial charge in [-0.2, -0.15) is 5.26 Å². The van der Waals surface area contributed by atoms with E-state index in [4.69, 9.17) is 0 Å². The van der Waals surface area contributed by atoms with Gasteiger partial charge in [0.05, 0.1) is 11.4 Å². The highest BCUT2D eigenvalue weighted by Gasteiger charge is 2.14. The van der Waals surface area contributed by atoms with Gasteiger partial charge in [0.1, 0.15) is 11.6 Å². The highest BCUT2D eigenvalue weighted by Crippen LogP contribution is 2.23. The Labute approximate surface area is 179 Å². The molecule has 2 aromatic carbocycles. The average Bonchev–Trinajstić information content (AvgIpc) is 2.73. The van der Waals surface area contributed by atoms with Crippen molar-refractivity contribution >= 4 is 23.4 Å². The molecule has 1 heterocycles. The van der Waals surface area contributed by atoms with E-state index in [0.29, 0.717) is 28.0 Å². The van der Waals surface area contributed by atoms with Crippen LogP contribution in [-0.4, -0.2) is 21.6 Å². The highest BCUT2D eigenvalue weighted by molar-refractivity contribution is 7.99. The summed E-state index contributed by atoms with van der Waals surface area (Å²) in [4.78, 5) is 31.6. The molecule has 0 saturated heterocycles. The molecule has 0 atom stereocenters. The fraction of sp³-hybridized carbons (Fsp3) is 0.217. The molecule has 0 fully saturated rings. The Balaban J connectivity index is 1.73. The van der Waals surface area contributed by atoms with Gasteiger partial charge in [-0.15, -0.1) is 0 Å². The first-order valence-corrected chi connectivity index (χ1v) is 10.5. The van der Waals surface area contributed by atoms with E-state index in [2.05, 4.69) is 29.1 Å². The monoisotopic (exact) mass is 418 g/mol. The smallest absolute Gasteiger partial charge is 0.270 e. The SMILES string of the molecule is Cc1ccc(-c2nc(SCC(=O)Nc3ccc(C(C)C)cc3)[nH]c(=O)c2C#N)cc1. The summed E-state index contributed by atoms with van der Waals surface area (Å²) in [6.45, 7) is 6.18. The Morgan fingerprint density at radius 2 is 1.83 bits per heavy atom. The summed E-state index contributed by atoms with van der Waals surface area (Å²) in [5.74, 6) is 0.294. The second kappa shape index (κ2) is 9.42. The zero-order valence-corrected chi connectivity index (χ0v) is 17.8. The Hall–Kier alpha value is -3.37. The number of carbonyl (C=O) groups excluding carboxylic acids is 1. The van der Waals surface area contributed by atoms with Crippen LogP contribution in [0.1, 0.15) is 36.5 Å². The molecular weight excluding hydrogens is 396 g/mol. The van der Waals surface area contributed by atoms with Gasteiger partial charge in [0.25, 0.3) is 5.56 Å². The number of benzene rings is 2. The van der Waals surface area contributed by atoms with E-state index in [1.807, 2.05) is 61.5 Å². The molecule has 3 rings (SSSR count). The van der Waals surface area contributed by atoms with Gasteiger partial charge < -0.3 is 10.3 Å². The molecule has 152 valence electrons. The lowest BCUT2D eigenvalue weighted by atomic mass is 10.0. The number of aromatic amines is 1. The topological polar surface area (TPSA) is 98.6 Å². The van der Waals surface area contributed by atoms with Crippen LogP contribution in [0.15, 0.2) is 58.5 Å². The molecule has 7 heteroatoms. The van der Waals surface area contributed by atoms with E-state index in [1.165, 1.54) is 5.56 Å². The summed E-state index contributed by atoms with van der Waals surface area (Å²) in [6, 6.07) is 17.1. The predicted octanol–water partition coefficient (Wildman–Crippen LogP) is 4.47. The van der Waals surface area contributed by atoms with Gasteiger partial charge in [-0.1, -0.05) is 67.6 Å². The number of hydrogen-bond acceptors (Lipinski definition) is 5. The first-order chi connectivity index (χ1) is 14.4. The number of aromatic nitrogens is 2. The molecule has 0 aliphatic carbocycles. The van der Waals surface area contributed by atoms with Crippen molar-refractivity contribution in [1.82, 2.24) is 9.97 Å². The maximum atomic E-state index is 12.3. The normalized spacial score (nSPS) is 10.6. The number of carbonyl (C=O) groups is 1. The van der Waals surface area contributed by atoms with Crippen molar-refractivity contribution in [3.63, 3.8) is 0 Å². The third-order valence-electron chi connectivity index (χ3n) is 4.54. The zero-order valence-electron chi connectivity index (χ0n) is 17.0. The molecule has 2 N–H and O–H groups in total. The van der Waals surface area contributed by atoms with Crippen LogP contribution < -0.4 is 10.9 Å². The van der Waals surface area contributed by atoms with Crippen molar-refractivity contribution in [1.29, 1.82) is 5.26 Å². The lowest BCUT2D eigenvalue weighted by Crippen LogP contribution is -2.17. The van der Waals surface area contributed by atoms with Gasteiger partial charge in [0, 0.05) is 11.3 Å². The largest absolute Gasteiger partial charge is 0.325 e. The first-order valence-electron chi connectivity index (χ1n) is 9.51. The number of nitriles is 1. The standard InChI is InChI=1S/C23H22N4O2S/c1-14(2)16-8-10-18(11-9-16)25-20(28)13-30-23-26-21(19(12-24)22(29)27-23)17-6-4-15(3)5-7-17/h4-11,14H,13H2,1-3H3,(H,25,28)(H,26,27,29). The molecule has 0 unspecified atom stereocenters. The van der Waals surface area contributed by atoms with Crippen molar-refractivity contribution in [2.75, 3.05) is 11.1 Å². The Morgan fingerprint density at radius 1 is 1.17 bits per heavy atom. The maximum absolute atomic E-state index is 12.3. The molecular formula is C23H22N4O2S. The van der Waals surface area contributed by atoms with E-state index in [0.717, 1.165) is 17.3 Å². The van der Waals surface area contributed by atoms with Gasteiger partial charge in [-0.25, -0.2) is 4.98 Å². The number of anilines is 1. The number of nitrogens with zero attached hydrogens (tertiary/aromatic N) is 2. The van der Waals surface area contributed by atoms with Crippen LogP contribution in [0.25, 0.3) is 11.3 Å². The number of hydrogen-bond donors (Lipinski definition) is 2. The maximum Gasteiger partial charge on any atom is 0.270 e. The minimum absolute atomic E-state index is 0.0436. The minimum Gasteiger partial charge on any atom is -0.325 e. The molecule has 3 aromatic rings. The Bertz CT molecular complexity index is 1140. The Morgan fingerprint density at radius 3 is 2.43 bits per heavy atom. The summed E-state index contributed by atoms with van der Waals surface area (Å²) >= 11 is 1.11. The third-order valence-corrected chi connectivity index (χ3v) is 5.41. The molecule has 0 spiro atoms. The van der Waals surface area contributed by atoms with E-state index in [1.54, 1.807) is 0 Å². The van der Waals surface area contributed by atoms with E-state index >= 15 is 0 Å².